The predicted molar refractivity (Wildman–Crippen MR) is 98.0 cm³/mol. The van der Waals surface area contributed by atoms with Crippen LogP contribution in [0.3, 0.4) is 0 Å². The summed E-state index contributed by atoms with van der Waals surface area (Å²) < 4.78 is 6.07. The minimum absolute atomic E-state index is 0.429. The third-order valence-electron chi connectivity index (χ3n) is 3.60. The van der Waals surface area contributed by atoms with Crippen LogP contribution in [0.15, 0.2) is 118 Å². The van der Waals surface area contributed by atoms with E-state index in [1.165, 1.54) is 6.08 Å². The first kappa shape index (κ1) is 16.1. The Bertz CT molecular complexity index is 718. The first-order valence-corrected chi connectivity index (χ1v) is 9.17. The summed E-state index contributed by atoms with van der Waals surface area (Å²) in [7, 11) is -2.16. The Morgan fingerprint density at radius 3 is 1.33 bits per heavy atom. The average Bonchev–Trinajstić information content (AvgIpc) is 2.68. The van der Waals surface area contributed by atoms with Crippen LogP contribution in [0.1, 0.15) is 0 Å². The molecule has 0 spiro atoms. The average molecular weight is 334 g/mol. The summed E-state index contributed by atoms with van der Waals surface area (Å²) in [5, 5.41) is 0. The fraction of sp³-hybridized carbons (Fsp3) is 0. The number of carbonyl (C=O) groups excluding carboxylic acids is 1. The monoisotopic (exact) mass is 334 g/mol. The summed E-state index contributed by atoms with van der Waals surface area (Å²) in [4.78, 5) is 15.1. The zero-order valence-corrected chi connectivity index (χ0v) is 14.0. The van der Waals surface area contributed by atoms with E-state index in [4.69, 9.17) is 4.18 Å². The van der Waals surface area contributed by atoms with Gasteiger partial charge in [0.25, 0.3) is 0 Å². The van der Waals surface area contributed by atoms with Gasteiger partial charge in [0, 0.05) is 20.8 Å². The van der Waals surface area contributed by atoms with E-state index in [2.05, 4.69) is 6.58 Å². The number of hydrogen-bond acceptors (Lipinski definition) is 2. The molecule has 0 aliphatic rings. The highest BCUT2D eigenvalue weighted by molar-refractivity contribution is 8.30. The van der Waals surface area contributed by atoms with Crippen molar-refractivity contribution >= 4 is 16.3 Å². The second kappa shape index (κ2) is 7.20. The highest BCUT2D eigenvalue weighted by Gasteiger charge is 2.34. The van der Waals surface area contributed by atoms with E-state index in [1.54, 1.807) is 0 Å². The molecule has 0 unspecified atom stereocenters. The lowest BCUT2D eigenvalue weighted by Gasteiger charge is -2.39. The molecule has 3 aromatic rings. The molecule has 2 nitrogen and oxygen atoms in total. The molecular weight excluding hydrogens is 316 g/mol. The Labute approximate surface area is 143 Å². The number of hydrogen-bond donors (Lipinski definition) is 0. The molecule has 0 aliphatic carbocycles. The van der Waals surface area contributed by atoms with Crippen molar-refractivity contribution < 1.29 is 8.98 Å². The van der Waals surface area contributed by atoms with Crippen molar-refractivity contribution in [2.45, 2.75) is 14.7 Å². The van der Waals surface area contributed by atoms with Gasteiger partial charge >= 0.3 is 5.97 Å². The van der Waals surface area contributed by atoms with Crippen LogP contribution in [0.4, 0.5) is 0 Å². The molecule has 0 saturated heterocycles. The quantitative estimate of drug-likeness (QED) is 0.567. The van der Waals surface area contributed by atoms with Gasteiger partial charge in [0.1, 0.15) is 0 Å². The molecule has 0 aromatic heterocycles. The maximum Gasteiger partial charge on any atom is 0.341 e. The van der Waals surface area contributed by atoms with E-state index in [0.717, 1.165) is 14.7 Å². The van der Waals surface area contributed by atoms with Crippen LogP contribution in [0.5, 0.6) is 0 Å². The van der Waals surface area contributed by atoms with E-state index in [0.29, 0.717) is 0 Å². The van der Waals surface area contributed by atoms with Crippen LogP contribution in [-0.2, 0) is 8.98 Å². The van der Waals surface area contributed by atoms with Gasteiger partial charge in [-0.15, -0.1) is 0 Å². The van der Waals surface area contributed by atoms with Crippen molar-refractivity contribution in [3.63, 3.8) is 0 Å². The van der Waals surface area contributed by atoms with Gasteiger partial charge in [0.2, 0.25) is 0 Å². The molecule has 0 N–H and O–H groups in total. The van der Waals surface area contributed by atoms with Crippen LogP contribution in [0.25, 0.3) is 0 Å². The molecule has 0 heterocycles. The molecule has 0 bridgehead atoms. The van der Waals surface area contributed by atoms with Gasteiger partial charge in [-0.3, -0.25) is 0 Å². The molecule has 0 aliphatic heterocycles. The van der Waals surface area contributed by atoms with Crippen molar-refractivity contribution in [2.24, 2.45) is 0 Å². The van der Waals surface area contributed by atoms with E-state index in [9.17, 15) is 4.79 Å². The number of rotatable bonds is 5. The number of benzene rings is 3. The standard InChI is InChI=1S/C21H18O2S/c1-2-21(22)23-24(18-12-6-3-7-13-18,19-14-8-4-9-15-19)20-16-10-5-11-17-20/h2-17H,1H2. The fourth-order valence-electron chi connectivity index (χ4n) is 2.55. The molecule has 0 atom stereocenters. The summed E-state index contributed by atoms with van der Waals surface area (Å²) >= 11 is 0. The Morgan fingerprint density at radius 1 is 0.708 bits per heavy atom. The van der Waals surface area contributed by atoms with Gasteiger partial charge in [-0.1, -0.05) is 61.2 Å². The first-order chi connectivity index (χ1) is 11.8. The smallest absolute Gasteiger partial charge is 0.341 e. The van der Waals surface area contributed by atoms with Crippen LogP contribution < -0.4 is 0 Å². The van der Waals surface area contributed by atoms with Gasteiger partial charge in [0.05, 0.1) is 0 Å². The highest BCUT2D eigenvalue weighted by atomic mass is 32.3. The third kappa shape index (κ3) is 2.99. The van der Waals surface area contributed by atoms with Gasteiger partial charge in [-0.05, 0) is 46.7 Å². The minimum atomic E-state index is -2.16. The Kier molecular flexibility index (Phi) is 4.82. The summed E-state index contributed by atoms with van der Waals surface area (Å²) in [6, 6.07) is 29.7. The number of carbonyl (C=O) groups is 1. The zero-order chi connectivity index (χ0) is 16.8. The molecule has 120 valence electrons. The molecule has 3 rings (SSSR count). The fourth-order valence-corrected chi connectivity index (χ4v) is 5.59. The van der Waals surface area contributed by atoms with Crippen LogP contribution in [0.2, 0.25) is 0 Å². The SMILES string of the molecule is C=CC(=O)OS(c1ccccc1)(c1ccccc1)c1ccccc1. The normalized spacial score (nSPS) is 11.5. The van der Waals surface area contributed by atoms with Crippen molar-refractivity contribution in [1.29, 1.82) is 0 Å². The molecule has 3 aromatic carbocycles. The second-order valence-corrected chi connectivity index (χ2v) is 7.80. The molecule has 0 amide bonds. The van der Waals surface area contributed by atoms with E-state index in [-0.39, 0.29) is 0 Å². The summed E-state index contributed by atoms with van der Waals surface area (Å²) in [6.07, 6.45) is 1.22. The maximum atomic E-state index is 12.2. The first-order valence-electron chi connectivity index (χ1n) is 7.62. The second-order valence-electron chi connectivity index (χ2n) is 5.10. The Hall–Kier alpha value is -2.78. The minimum Gasteiger partial charge on any atom is -0.399 e. The maximum absolute atomic E-state index is 12.2. The van der Waals surface area contributed by atoms with Crippen LogP contribution >= 0.6 is 10.3 Å². The predicted octanol–water partition coefficient (Wildman–Crippen LogP) is 5.61. The molecule has 0 saturated carbocycles. The van der Waals surface area contributed by atoms with Crippen LogP contribution in [-0.4, -0.2) is 5.97 Å². The molecule has 3 heteroatoms. The summed E-state index contributed by atoms with van der Waals surface area (Å²) in [6.45, 7) is 3.56. The van der Waals surface area contributed by atoms with E-state index >= 15 is 0 Å². The van der Waals surface area contributed by atoms with Gasteiger partial charge < -0.3 is 4.18 Å². The Balaban J connectivity index is 2.32. The van der Waals surface area contributed by atoms with E-state index in [1.807, 2.05) is 91.0 Å². The van der Waals surface area contributed by atoms with Gasteiger partial charge in [0.15, 0.2) is 0 Å². The Morgan fingerprint density at radius 2 is 1.04 bits per heavy atom. The molecule has 0 fully saturated rings. The lowest BCUT2D eigenvalue weighted by atomic mass is 10.4. The van der Waals surface area contributed by atoms with Gasteiger partial charge in [-0.25, -0.2) is 4.79 Å². The van der Waals surface area contributed by atoms with Crippen molar-refractivity contribution in [2.75, 3.05) is 0 Å². The molecular formula is C21H18O2S. The summed E-state index contributed by atoms with van der Waals surface area (Å²) in [5.74, 6) is -0.429. The van der Waals surface area contributed by atoms with Crippen molar-refractivity contribution in [3.05, 3.63) is 104 Å². The van der Waals surface area contributed by atoms with Crippen LogP contribution in [0, 0.1) is 0 Å². The third-order valence-corrected chi connectivity index (χ3v) is 6.82. The molecule has 24 heavy (non-hydrogen) atoms. The van der Waals surface area contributed by atoms with Crippen molar-refractivity contribution in [1.82, 2.24) is 0 Å². The zero-order valence-electron chi connectivity index (χ0n) is 13.2. The summed E-state index contributed by atoms with van der Waals surface area (Å²) in [5.41, 5.74) is 0. The van der Waals surface area contributed by atoms with Gasteiger partial charge in [-0.2, -0.15) is 0 Å². The van der Waals surface area contributed by atoms with Crippen molar-refractivity contribution in [3.8, 4) is 0 Å². The van der Waals surface area contributed by atoms with E-state index < -0.39 is 16.3 Å². The topological polar surface area (TPSA) is 26.3 Å². The lowest BCUT2D eigenvalue weighted by Crippen LogP contribution is -2.11. The highest BCUT2D eigenvalue weighted by Crippen LogP contribution is 2.69. The lowest BCUT2D eigenvalue weighted by molar-refractivity contribution is -0.128. The molecule has 0 radical (unpaired) electrons. The largest absolute Gasteiger partial charge is 0.399 e.